The third-order valence-electron chi connectivity index (χ3n) is 4.40. The molecule has 3 aromatic rings. The number of ether oxygens (including phenoxy) is 1. The Morgan fingerprint density at radius 1 is 1.35 bits per heavy atom. The second-order valence-corrected chi connectivity index (χ2v) is 6.73. The SMILES string of the molecule is CC(NC(=O)c1cccc2c1OCCNC2)c1nc2ccc(Cl)cc2[nH]1. The van der Waals surface area contributed by atoms with Crippen LogP contribution in [0.4, 0.5) is 0 Å². The molecule has 134 valence electrons. The van der Waals surface area contributed by atoms with Crippen molar-refractivity contribution in [1.82, 2.24) is 20.6 Å². The third-order valence-corrected chi connectivity index (χ3v) is 4.64. The van der Waals surface area contributed by atoms with Crippen molar-refractivity contribution < 1.29 is 9.53 Å². The summed E-state index contributed by atoms with van der Waals surface area (Å²) in [6.45, 7) is 3.88. The highest BCUT2D eigenvalue weighted by molar-refractivity contribution is 6.31. The summed E-state index contributed by atoms with van der Waals surface area (Å²) in [6, 6.07) is 10.8. The molecular weight excluding hydrogens is 352 g/mol. The Balaban J connectivity index is 1.57. The molecule has 0 radical (unpaired) electrons. The number of para-hydroxylation sites is 1. The number of carbonyl (C=O) groups excluding carboxylic acids is 1. The number of nitrogens with one attached hydrogen (secondary N) is 3. The maximum Gasteiger partial charge on any atom is 0.255 e. The molecule has 2 heterocycles. The van der Waals surface area contributed by atoms with Crippen molar-refractivity contribution in [2.75, 3.05) is 13.2 Å². The fraction of sp³-hybridized carbons (Fsp3) is 0.263. The van der Waals surface area contributed by atoms with Crippen molar-refractivity contribution in [3.8, 4) is 5.75 Å². The number of nitrogens with zero attached hydrogens (tertiary/aromatic N) is 1. The van der Waals surface area contributed by atoms with Crippen molar-refractivity contribution in [2.24, 2.45) is 0 Å². The smallest absolute Gasteiger partial charge is 0.255 e. The van der Waals surface area contributed by atoms with Crippen molar-refractivity contribution >= 4 is 28.5 Å². The largest absolute Gasteiger partial charge is 0.491 e. The van der Waals surface area contributed by atoms with E-state index in [2.05, 4.69) is 20.6 Å². The lowest BCUT2D eigenvalue weighted by molar-refractivity contribution is 0.0934. The molecule has 0 saturated heterocycles. The van der Waals surface area contributed by atoms with E-state index >= 15 is 0 Å². The van der Waals surface area contributed by atoms with E-state index < -0.39 is 0 Å². The lowest BCUT2D eigenvalue weighted by Gasteiger charge is -2.15. The normalized spacial score (nSPS) is 15.0. The molecule has 0 saturated carbocycles. The number of aromatic amines is 1. The second kappa shape index (κ2) is 6.97. The number of amides is 1. The fourth-order valence-electron chi connectivity index (χ4n) is 3.07. The van der Waals surface area contributed by atoms with Gasteiger partial charge in [0, 0.05) is 23.7 Å². The van der Waals surface area contributed by atoms with Gasteiger partial charge in [-0.15, -0.1) is 0 Å². The Kier molecular flexibility index (Phi) is 4.53. The molecule has 1 atom stereocenters. The summed E-state index contributed by atoms with van der Waals surface area (Å²) >= 11 is 6.02. The molecule has 1 amide bonds. The molecule has 1 unspecified atom stereocenters. The Morgan fingerprint density at radius 2 is 2.23 bits per heavy atom. The zero-order valence-corrected chi connectivity index (χ0v) is 15.1. The fourth-order valence-corrected chi connectivity index (χ4v) is 3.24. The van der Waals surface area contributed by atoms with Crippen molar-refractivity contribution in [3.63, 3.8) is 0 Å². The standard InChI is InChI=1S/C19H19ClN4O2/c1-11(18-23-15-6-5-13(20)9-16(15)24-18)22-19(25)14-4-2-3-12-10-21-7-8-26-17(12)14/h2-6,9,11,21H,7-8,10H2,1H3,(H,22,25)(H,23,24). The molecule has 1 aliphatic heterocycles. The first-order valence-corrected chi connectivity index (χ1v) is 8.91. The first-order chi connectivity index (χ1) is 12.6. The molecule has 26 heavy (non-hydrogen) atoms. The van der Waals surface area contributed by atoms with Crippen LogP contribution in [-0.2, 0) is 6.54 Å². The minimum atomic E-state index is -0.284. The van der Waals surface area contributed by atoms with Crippen molar-refractivity contribution in [2.45, 2.75) is 19.5 Å². The van der Waals surface area contributed by atoms with Gasteiger partial charge in [0.25, 0.3) is 5.91 Å². The highest BCUT2D eigenvalue weighted by Gasteiger charge is 2.21. The van der Waals surface area contributed by atoms with E-state index in [1.54, 1.807) is 12.1 Å². The van der Waals surface area contributed by atoms with Crippen LogP contribution in [0.3, 0.4) is 0 Å². The molecule has 6 nitrogen and oxygen atoms in total. The lowest BCUT2D eigenvalue weighted by atomic mass is 10.1. The lowest BCUT2D eigenvalue weighted by Crippen LogP contribution is -2.28. The van der Waals surface area contributed by atoms with Crippen LogP contribution in [-0.4, -0.2) is 29.0 Å². The number of benzene rings is 2. The van der Waals surface area contributed by atoms with Gasteiger partial charge in [-0.05, 0) is 31.2 Å². The summed E-state index contributed by atoms with van der Waals surface area (Å²) in [5.41, 5.74) is 3.18. The predicted octanol–water partition coefficient (Wildman–Crippen LogP) is 3.19. The molecule has 7 heteroatoms. The average Bonchev–Trinajstić information content (AvgIpc) is 2.90. The van der Waals surface area contributed by atoms with Gasteiger partial charge in [-0.3, -0.25) is 4.79 Å². The van der Waals surface area contributed by atoms with E-state index in [4.69, 9.17) is 16.3 Å². The number of H-pyrrole nitrogens is 1. The summed E-state index contributed by atoms with van der Waals surface area (Å²) in [7, 11) is 0. The molecule has 0 aliphatic carbocycles. The number of fused-ring (bicyclic) bond motifs is 2. The van der Waals surface area contributed by atoms with E-state index in [1.165, 1.54) is 0 Å². The Morgan fingerprint density at radius 3 is 3.12 bits per heavy atom. The quantitative estimate of drug-likeness (QED) is 0.661. The highest BCUT2D eigenvalue weighted by atomic mass is 35.5. The first-order valence-electron chi connectivity index (χ1n) is 8.53. The van der Waals surface area contributed by atoms with Crippen LogP contribution < -0.4 is 15.4 Å². The number of imidazole rings is 1. The van der Waals surface area contributed by atoms with Crippen LogP contribution in [0.25, 0.3) is 11.0 Å². The monoisotopic (exact) mass is 370 g/mol. The summed E-state index contributed by atoms with van der Waals surface area (Å²) in [5, 5.41) is 6.91. The number of aromatic nitrogens is 2. The molecule has 0 spiro atoms. The van der Waals surface area contributed by atoms with Crippen molar-refractivity contribution in [1.29, 1.82) is 0 Å². The van der Waals surface area contributed by atoms with Gasteiger partial charge in [0.05, 0.1) is 22.6 Å². The zero-order valence-electron chi connectivity index (χ0n) is 14.3. The maximum absolute atomic E-state index is 12.8. The van der Waals surface area contributed by atoms with Gasteiger partial charge in [0.1, 0.15) is 18.2 Å². The van der Waals surface area contributed by atoms with E-state index in [0.29, 0.717) is 35.3 Å². The van der Waals surface area contributed by atoms with Crippen LogP contribution in [0.15, 0.2) is 36.4 Å². The molecule has 4 rings (SSSR count). The van der Waals surface area contributed by atoms with E-state index in [1.807, 2.05) is 31.2 Å². The number of rotatable bonds is 3. The number of carbonyl (C=O) groups is 1. The van der Waals surface area contributed by atoms with Gasteiger partial charge in [-0.2, -0.15) is 0 Å². The van der Waals surface area contributed by atoms with Crippen LogP contribution in [0.5, 0.6) is 5.75 Å². The highest BCUT2D eigenvalue weighted by Crippen LogP contribution is 2.26. The van der Waals surface area contributed by atoms with Crippen LogP contribution >= 0.6 is 11.6 Å². The number of hydrogen-bond acceptors (Lipinski definition) is 4. The van der Waals surface area contributed by atoms with Gasteiger partial charge in [-0.1, -0.05) is 23.7 Å². The minimum absolute atomic E-state index is 0.185. The van der Waals surface area contributed by atoms with E-state index in [9.17, 15) is 4.79 Å². The van der Waals surface area contributed by atoms with Gasteiger partial charge < -0.3 is 20.4 Å². The maximum atomic E-state index is 12.8. The van der Waals surface area contributed by atoms with Gasteiger partial charge in [0.2, 0.25) is 0 Å². The molecule has 3 N–H and O–H groups in total. The average molecular weight is 371 g/mol. The number of hydrogen-bond donors (Lipinski definition) is 3. The van der Waals surface area contributed by atoms with E-state index in [0.717, 1.165) is 23.1 Å². The van der Waals surface area contributed by atoms with Gasteiger partial charge in [0.15, 0.2) is 0 Å². The molecule has 0 bridgehead atoms. The summed E-state index contributed by atoms with van der Waals surface area (Å²) in [4.78, 5) is 20.6. The summed E-state index contributed by atoms with van der Waals surface area (Å²) in [5.74, 6) is 1.15. The molecular formula is C19H19ClN4O2. The van der Waals surface area contributed by atoms with Crippen LogP contribution in [0, 0.1) is 0 Å². The first kappa shape index (κ1) is 16.9. The zero-order chi connectivity index (χ0) is 18.1. The molecule has 2 aromatic carbocycles. The van der Waals surface area contributed by atoms with Crippen LogP contribution in [0.2, 0.25) is 5.02 Å². The van der Waals surface area contributed by atoms with Gasteiger partial charge in [-0.25, -0.2) is 4.98 Å². The van der Waals surface area contributed by atoms with E-state index in [-0.39, 0.29) is 11.9 Å². The van der Waals surface area contributed by atoms with Gasteiger partial charge >= 0.3 is 0 Å². The second-order valence-electron chi connectivity index (χ2n) is 6.30. The topological polar surface area (TPSA) is 79.0 Å². The Hall–Kier alpha value is -2.57. The third kappa shape index (κ3) is 3.25. The molecule has 0 fully saturated rings. The Labute approximate surface area is 155 Å². The molecule has 1 aromatic heterocycles. The Bertz CT molecular complexity index is 969. The van der Waals surface area contributed by atoms with Crippen LogP contribution in [0.1, 0.15) is 34.7 Å². The van der Waals surface area contributed by atoms with Crippen molar-refractivity contribution in [3.05, 3.63) is 58.4 Å². The molecule has 1 aliphatic rings. The number of halogens is 1. The summed E-state index contributed by atoms with van der Waals surface area (Å²) < 4.78 is 5.79. The summed E-state index contributed by atoms with van der Waals surface area (Å²) in [6.07, 6.45) is 0. The predicted molar refractivity (Wildman–Crippen MR) is 101 cm³/mol. The minimum Gasteiger partial charge on any atom is -0.491 e.